The number of carboxylic acids is 1. The van der Waals surface area contributed by atoms with Gasteiger partial charge in [-0.3, -0.25) is 0 Å². The molecule has 6 heteroatoms. The van der Waals surface area contributed by atoms with Crippen molar-refractivity contribution < 1.29 is 14.6 Å². The van der Waals surface area contributed by atoms with Crippen LogP contribution in [-0.2, 0) is 0 Å². The van der Waals surface area contributed by atoms with Gasteiger partial charge in [-0.1, -0.05) is 6.42 Å². The van der Waals surface area contributed by atoms with Crippen molar-refractivity contribution in [1.82, 2.24) is 0 Å². The molecule has 4 rings (SSSR count). The molecule has 5 nitrogen and oxygen atoms in total. The maximum absolute atomic E-state index is 11.0. The molecule has 0 unspecified atom stereocenters. The van der Waals surface area contributed by atoms with Crippen molar-refractivity contribution in [3.63, 3.8) is 0 Å². The maximum atomic E-state index is 11.0. The Bertz CT molecular complexity index is 781. The lowest BCUT2D eigenvalue weighted by atomic mass is 9.98. The monoisotopic (exact) mass is 416 g/mol. The van der Waals surface area contributed by atoms with Crippen LogP contribution in [0.5, 0.6) is 5.75 Å². The van der Waals surface area contributed by atoms with Gasteiger partial charge in [0.2, 0.25) is 0 Å². The van der Waals surface area contributed by atoms with E-state index in [9.17, 15) is 4.79 Å². The number of ether oxygens (including phenoxy) is 1. The van der Waals surface area contributed by atoms with E-state index in [-0.39, 0.29) is 12.4 Å². The number of carboxylic acid groups (broad SMARTS) is 1. The van der Waals surface area contributed by atoms with Gasteiger partial charge in [0.05, 0.1) is 11.7 Å². The summed E-state index contributed by atoms with van der Waals surface area (Å²) in [7, 11) is 0. The summed E-state index contributed by atoms with van der Waals surface area (Å²) in [6.45, 7) is 3.74. The molecule has 1 heterocycles. The molecular formula is C23H29ClN2O3. The first-order valence-corrected chi connectivity index (χ1v) is 10.3. The third-order valence-corrected chi connectivity index (χ3v) is 5.82. The number of hydrogen-bond acceptors (Lipinski definition) is 4. The SMILES string of the molecule is Cl.O=C(O)c1ccc(N2CCN(c3ccc(OC4CCCCC4)cc3)CC2)cc1. The predicted molar refractivity (Wildman–Crippen MR) is 119 cm³/mol. The van der Waals surface area contributed by atoms with Gasteiger partial charge in [0.15, 0.2) is 0 Å². The Hall–Kier alpha value is -2.40. The van der Waals surface area contributed by atoms with E-state index in [1.807, 2.05) is 12.1 Å². The fraction of sp³-hybridized carbons (Fsp3) is 0.435. The average Bonchev–Trinajstić information content (AvgIpc) is 2.75. The molecule has 29 heavy (non-hydrogen) atoms. The van der Waals surface area contributed by atoms with E-state index >= 15 is 0 Å². The van der Waals surface area contributed by atoms with Crippen LogP contribution in [-0.4, -0.2) is 43.4 Å². The van der Waals surface area contributed by atoms with Crippen LogP contribution in [0.1, 0.15) is 42.5 Å². The quantitative estimate of drug-likeness (QED) is 0.755. The lowest BCUT2D eigenvalue weighted by Crippen LogP contribution is -2.46. The number of nitrogens with zero attached hydrogens (tertiary/aromatic N) is 2. The van der Waals surface area contributed by atoms with Crippen molar-refractivity contribution in [2.75, 3.05) is 36.0 Å². The molecule has 0 radical (unpaired) electrons. The Morgan fingerprint density at radius 2 is 1.28 bits per heavy atom. The molecule has 1 saturated heterocycles. The highest BCUT2D eigenvalue weighted by Crippen LogP contribution is 2.26. The van der Waals surface area contributed by atoms with Crippen LogP contribution in [0.15, 0.2) is 48.5 Å². The minimum absolute atomic E-state index is 0. The van der Waals surface area contributed by atoms with Gasteiger partial charge in [-0.05, 0) is 74.2 Å². The number of benzene rings is 2. The molecule has 156 valence electrons. The van der Waals surface area contributed by atoms with Crippen molar-refractivity contribution in [3.05, 3.63) is 54.1 Å². The Kier molecular flexibility index (Phi) is 7.26. The zero-order chi connectivity index (χ0) is 19.3. The van der Waals surface area contributed by atoms with Gasteiger partial charge in [0.25, 0.3) is 0 Å². The third-order valence-electron chi connectivity index (χ3n) is 5.82. The lowest BCUT2D eigenvalue weighted by Gasteiger charge is -2.37. The number of piperazine rings is 1. The molecule has 0 spiro atoms. The molecule has 0 aromatic heterocycles. The lowest BCUT2D eigenvalue weighted by molar-refractivity contribution is 0.0697. The summed E-state index contributed by atoms with van der Waals surface area (Å²) < 4.78 is 6.13. The minimum Gasteiger partial charge on any atom is -0.490 e. The van der Waals surface area contributed by atoms with Gasteiger partial charge in [-0.25, -0.2) is 4.79 Å². The molecule has 2 fully saturated rings. The summed E-state index contributed by atoms with van der Waals surface area (Å²) in [5.41, 5.74) is 2.65. The predicted octanol–water partition coefficient (Wildman–Crippen LogP) is 4.84. The first-order chi connectivity index (χ1) is 13.7. The molecule has 0 amide bonds. The largest absolute Gasteiger partial charge is 0.490 e. The number of aromatic carboxylic acids is 1. The van der Waals surface area contributed by atoms with E-state index in [0.717, 1.165) is 37.6 Å². The smallest absolute Gasteiger partial charge is 0.335 e. The highest BCUT2D eigenvalue weighted by molar-refractivity contribution is 5.88. The zero-order valence-corrected chi connectivity index (χ0v) is 17.4. The highest BCUT2D eigenvalue weighted by atomic mass is 35.5. The van der Waals surface area contributed by atoms with E-state index < -0.39 is 5.97 Å². The van der Waals surface area contributed by atoms with Crippen molar-refractivity contribution >= 4 is 29.8 Å². The summed E-state index contributed by atoms with van der Waals surface area (Å²) in [6, 6.07) is 15.7. The highest BCUT2D eigenvalue weighted by Gasteiger charge is 2.19. The van der Waals surface area contributed by atoms with Gasteiger partial charge in [0.1, 0.15) is 5.75 Å². The van der Waals surface area contributed by atoms with E-state index in [1.165, 1.54) is 37.8 Å². The van der Waals surface area contributed by atoms with Gasteiger partial charge >= 0.3 is 5.97 Å². The number of hydrogen-bond donors (Lipinski definition) is 1. The van der Waals surface area contributed by atoms with Crippen LogP contribution < -0.4 is 14.5 Å². The first kappa shape index (κ1) is 21.3. The van der Waals surface area contributed by atoms with Crippen molar-refractivity contribution in [2.45, 2.75) is 38.2 Å². The Morgan fingerprint density at radius 3 is 1.76 bits per heavy atom. The van der Waals surface area contributed by atoms with E-state index in [4.69, 9.17) is 9.84 Å². The molecule has 2 aliphatic rings. The Morgan fingerprint density at radius 1 is 0.793 bits per heavy atom. The first-order valence-electron chi connectivity index (χ1n) is 10.3. The Labute approximate surface area is 178 Å². The van der Waals surface area contributed by atoms with E-state index in [1.54, 1.807) is 12.1 Å². The van der Waals surface area contributed by atoms with Crippen molar-refractivity contribution in [3.8, 4) is 5.75 Å². The van der Waals surface area contributed by atoms with Crippen LogP contribution in [0.25, 0.3) is 0 Å². The second-order valence-electron chi connectivity index (χ2n) is 7.70. The van der Waals surface area contributed by atoms with Gasteiger partial charge < -0.3 is 19.6 Å². The van der Waals surface area contributed by atoms with Gasteiger partial charge in [-0.2, -0.15) is 0 Å². The summed E-state index contributed by atoms with van der Waals surface area (Å²) in [5, 5.41) is 9.03. The molecule has 2 aromatic rings. The second-order valence-corrected chi connectivity index (χ2v) is 7.70. The molecule has 1 aliphatic carbocycles. The minimum atomic E-state index is -0.882. The molecule has 1 N–H and O–H groups in total. The average molecular weight is 417 g/mol. The fourth-order valence-corrected chi connectivity index (χ4v) is 4.15. The molecule has 1 aliphatic heterocycles. The van der Waals surface area contributed by atoms with Crippen LogP contribution in [0, 0.1) is 0 Å². The van der Waals surface area contributed by atoms with Crippen LogP contribution in [0.3, 0.4) is 0 Å². The van der Waals surface area contributed by atoms with Crippen molar-refractivity contribution in [2.24, 2.45) is 0 Å². The van der Waals surface area contributed by atoms with Crippen LogP contribution >= 0.6 is 12.4 Å². The second kappa shape index (κ2) is 9.88. The van der Waals surface area contributed by atoms with Crippen molar-refractivity contribution in [1.29, 1.82) is 0 Å². The van der Waals surface area contributed by atoms with Gasteiger partial charge in [-0.15, -0.1) is 12.4 Å². The molecule has 1 saturated carbocycles. The molecule has 0 bridgehead atoms. The zero-order valence-electron chi connectivity index (χ0n) is 16.6. The summed E-state index contributed by atoms with van der Waals surface area (Å²) >= 11 is 0. The fourth-order valence-electron chi connectivity index (χ4n) is 4.15. The third kappa shape index (κ3) is 5.36. The van der Waals surface area contributed by atoms with Gasteiger partial charge in [0, 0.05) is 37.6 Å². The molecule has 2 aromatic carbocycles. The normalized spacial score (nSPS) is 17.5. The number of rotatable bonds is 5. The summed E-state index contributed by atoms with van der Waals surface area (Å²) in [4.78, 5) is 15.7. The summed E-state index contributed by atoms with van der Waals surface area (Å²) in [6.07, 6.45) is 6.65. The number of carbonyl (C=O) groups is 1. The summed E-state index contributed by atoms with van der Waals surface area (Å²) in [5.74, 6) is 0.0973. The Balaban J connectivity index is 0.00000240. The maximum Gasteiger partial charge on any atom is 0.335 e. The topological polar surface area (TPSA) is 53.0 Å². The van der Waals surface area contributed by atoms with E-state index in [0.29, 0.717) is 11.7 Å². The van der Waals surface area contributed by atoms with Crippen LogP contribution in [0.4, 0.5) is 11.4 Å². The molecular weight excluding hydrogens is 388 g/mol. The standard InChI is InChI=1S/C23H28N2O3.ClH/c26-23(27)18-6-8-19(9-7-18)24-14-16-25(17-15-24)20-10-12-22(13-11-20)28-21-4-2-1-3-5-21;/h6-13,21H,1-5,14-17H2,(H,26,27);1H. The molecule has 0 atom stereocenters. The van der Waals surface area contributed by atoms with Crippen LogP contribution in [0.2, 0.25) is 0 Å². The van der Waals surface area contributed by atoms with E-state index in [2.05, 4.69) is 34.1 Å². The number of anilines is 2. The number of halogens is 1.